The predicted molar refractivity (Wildman–Crippen MR) is 126 cm³/mol. The Morgan fingerprint density at radius 1 is 1.06 bits per heavy atom. The van der Waals surface area contributed by atoms with Gasteiger partial charge in [-0.15, -0.1) is 0 Å². The summed E-state index contributed by atoms with van der Waals surface area (Å²) in [5, 5.41) is 0.787. The molecule has 1 aliphatic rings. The summed E-state index contributed by atoms with van der Waals surface area (Å²) in [7, 11) is 0. The topological polar surface area (TPSA) is 83.6 Å². The summed E-state index contributed by atoms with van der Waals surface area (Å²) in [4.78, 5) is 27.5. The first-order valence-corrected chi connectivity index (χ1v) is 11.3. The number of rotatable bonds is 9. The summed E-state index contributed by atoms with van der Waals surface area (Å²) in [6.45, 7) is 9.80. The lowest BCUT2D eigenvalue weighted by Crippen LogP contribution is -2.46. The summed E-state index contributed by atoms with van der Waals surface area (Å²) in [5.74, 6) is 0.966. The standard InChI is InChI=1S/C24H31N5O3/c1-18(2)32-21-8-4-3-7-20(21)29-14-12-28(13-15-29)11-5-6-16-31-24-25-17-19-9-10-22(30)26-23(19)27-24/h3-4,7-10,17-18H,5-6,11-16H2,1-2H3,(H,25,26,27,30). The molecule has 32 heavy (non-hydrogen) atoms. The van der Waals surface area contributed by atoms with Crippen LogP contribution in [0.1, 0.15) is 26.7 Å². The third-order valence-corrected chi connectivity index (χ3v) is 5.49. The highest BCUT2D eigenvalue weighted by molar-refractivity contribution is 5.73. The Morgan fingerprint density at radius 3 is 2.69 bits per heavy atom. The van der Waals surface area contributed by atoms with Crippen LogP contribution in [0.3, 0.4) is 0 Å². The van der Waals surface area contributed by atoms with Gasteiger partial charge in [-0.3, -0.25) is 9.69 Å². The Balaban J connectivity index is 1.18. The van der Waals surface area contributed by atoms with Crippen molar-refractivity contribution in [3.05, 3.63) is 52.9 Å². The highest BCUT2D eigenvalue weighted by Gasteiger charge is 2.19. The van der Waals surface area contributed by atoms with Crippen molar-refractivity contribution in [1.82, 2.24) is 19.9 Å². The molecule has 0 saturated carbocycles. The van der Waals surface area contributed by atoms with Crippen molar-refractivity contribution in [1.29, 1.82) is 0 Å². The summed E-state index contributed by atoms with van der Waals surface area (Å²) < 4.78 is 11.7. The van der Waals surface area contributed by atoms with Crippen LogP contribution in [0.15, 0.2) is 47.4 Å². The zero-order valence-electron chi connectivity index (χ0n) is 18.8. The molecule has 1 fully saturated rings. The van der Waals surface area contributed by atoms with Crippen molar-refractivity contribution < 1.29 is 9.47 Å². The number of aromatic amines is 1. The molecule has 8 nitrogen and oxygen atoms in total. The van der Waals surface area contributed by atoms with Crippen LogP contribution in [-0.4, -0.2) is 65.3 Å². The molecular formula is C24H31N5O3. The lowest BCUT2D eigenvalue weighted by molar-refractivity contribution is 0.229. The molecule has 3 aromatic rings. The van der Waals surface area contributed by atoms with Crippen LogP contribution in [0.2, 0.25) is 0 Å². The zero-order chi connectivity index (χ0) is 22.3. The molecule has 0 radical (unpaired) electrons. The smallest absolute Gasteiger partial charge is 0.318 e. The van der Waals surface area contributed by atoms with Crippen molar-refractivity contribution in [3.63, 3.8) is 0 Å². The number of benzene rings is 1. The van der Waals surface area contributed by atoms with E-state index in [1.807, 2.05) is 6.07 Å². The lowest BCUT2D eigenvalue weighted by Gasteiger charge is -2.37. The first-order valence-electron chi connectivity index (χ1n) is 11.3. The summed E-state index contributed by atoms with van der Waals surface area (Å²) in [6, 6.07) is 11.8. The highest BCUT2D eigenvalue weighted by atomic mass is 16.5. The number of H-pyrrole nitrogens is 1. The molecule has 4 rings (SSSR count). The van der Waals surface area contributed by atoms with Gasteiger partial charge in [0.1, 0.15) is 11.4 Å². The fourth-order valence-electron chi connectivity index (χ4n) is 3.88. The number of aromatic nitrogens is 3. The average Bonchev–Trinajstić information content (AvgIpc) is 2.79. The molecular weight excluding hydrogens is 406 g/mol. The Bertz CT molecular complexity index is 1080. The molecule has 0 bridgehead atoms. The molecule has 1 saturated heterocycles. The minimum Gasteiger partial charge on any atom is -0.489 e. The molecule has 1 N–H and O–H groups in total. The third-order valence-electron chi connectivity index (χ3n) is 5.49. The molecule has 8 heteroatoms. The van der Waals surface area contributed by atoms with E-state index in [2.05, 4.69) is 56.8 Å². The fraction of sp³-hybridized carbons (Fsp3) is 0.458. The fourth-order valence-corrected chi connectivity index (χ4v) is 3.88. The van der Waals surface area contributed by atoms with Crippen LogP contribution in [0.25, 0.3) is 11.0 Å². The van der Waals surface area contributed by atoms with E-state index in [4.69, 9.17) is 9.47 Å². The number of fused-ring (bicyclic) bond motifs is 1. The van der Waals surface area contributed by atoms with Gasteiger partial charge in [0.15, 0.2) is 0 Å². The van der Waals surface area contributed by atoms with E-state index in [0.717, 1.165) is 56.7 Å². The van der Waals surface area contributed by atoms with Gasteiger partial charge in [0, 0.05) is 43.8 Å². The number of pyridine rings is 1. The average molecular weight is 438 g/mol. The van der Waals surface area contributed by atoms with Crippen molar-refractivity contribution in [2.24, 2.45) is 0 Å². The van der Waals surface area contributed by atoms with E-state index < -0.39 is 0 Å². The van der Waals surface area contributed by atoms with Gasteiger partial charge >= 0.3 is 6.01 Å². The minimum atomic E-state index is -0.182. The van der Waals surface area contributed by atoms with Crippen molar-refractivity contribution in [2.45, 2.75) is 32.8 Å². The van der Waals surface area contributed by atoms with Crippen LogP contribution in [0.5, 0.6) is 11.8 Å². The number of piperazine rings is 1. The normalized spacial score (nSPS) is 14.8. The first-order chi connectivity index (χ1) is 15.6. The second-order valence-electron chi connectivity index (χ2n) is 8.30. The molecule has 0 atom stereocenters. The number of para-hydroxylation sites is 2. The summed E-state index contributed by atoms with van der Waals surface area (Å²) in [6.07, 6.45) is 3.81. The van der Waals surface area contributed by atoms with Crippen LogP contribution in [0, 0.1) is 0 Å². The van der Waals surface area contributed by atoms with Gasteiger partial charge in [-0.1, -0.05) is 12.1 Å². The van der Waals surface area contributed by atoms with E-state index in [1.165, 1.54) is 11.8 Å². The Labute approximate surface area is 188 Å². The van der Waals surface area contributed by atoms with E-state index in [0.29, 0.717) is 18.3 Å². The van der Waals surface area contributed by atoms with Gasteiger partial charge in [0.25, 0.3) is 0 Å². The van der Waals surface area contributed by atoms with E-state index in [1.54, 1.807) is 12.3 Å². The molecule has 0 spiro atoms. The number of anilines is 1. The van der Waals surface area contributed by atoms with Gasteiger partial charge < -0.3 is 19.4 Å². The largest absolute Gasteiger partial charge is 0.489 e. The Morgan fingerprint density at radius 2 is 1.88 bits per heavy atom. The lowest BCUT2D eigenvalue weighted by atomic mass is 10.2. The van der Waals surface area contributed by atoms with Crippen molar-refractivity contribution in [2.75, 3.05) is 44.2 Å². The van der Waals surface area contributed by atoms with Crippen LogP contribution < -0.4 is 19.9 Å². The summed E-state index contributed by atoms with van der Waals surface area (Å²) >= 11 is 0. The van der Waals surface area contributed by atoms with Gasteiger partial charge in [0.05, 0.1) is 18.4 Å². The van der Waals surface area contributed by atoms with Crippen LogP contribution >= 0.6 is 0 Å². The minimum absolute atomic E-state index is 0.168. The Hall–Kier alpha value is -3.13. The molecule has 1 aliphatic heterocycles. The second-order valence-corrected chi connectivity index (χ2v) is 8.30. The quantitative estimate of drug-likeness (QED) is 0.515. The third kappa shape index (κ3) is 5.76. The maximum Gasteiger partial charge on any atom is 0.318 e. The maximum absolute atomic E-state index is 11.4. The molecule has 3 heterocycles. The number of hydrogen-bond acceptors (Lipinski definition) is 7. The Kier molecular flexibility index (Phi) is 7.21. The molecule has 0 aliphatic carbocycles. The van der Waals surface area contributed by atoms with Crippen molar-refractivity contribution in [3.8, 4) is 11.8 Å². The molecule has 2 aromatic heterocycles. The number of nitrogens with one attached hydrogen (secondary N) is 1. The highest BCUT2D eigenvalue weighted by Crippen LogP contribution is 2.29. The van der Waals surface area contributed by atoms with E-state index in [9.17, 15) is 4.79 Å². The molecule has 0 amide bonds. The SMILES string of the molecule is CC(C)Oc1ccccc1N1CCN(CCCCOc2ncc3ccc(=O)[nH]c3n2)CC1. The van der Waals surface area contributed by atoms with Gasteiger partial charge in [-0.2, -0.15) is 4.98 Å². The van der Waals surface area contributed by atoms with Gasteiger partial charge in [-0.05, 0) is 51.4 Å². The second kappa shape index (κ2) is 10.5. The van der Waals surface area contributed by atoms with Gasteiger partial charge in [-0.25, -0.2) is 4.98 Å². The summed E-state index contributed by atoms with van der Waals surface area (Å²) in [5.41, 5.74) is 1.50. The monoisotopic (exact) mass is 437 g/mol. The molecule has 1 aromatic carbocycles. The van der Waals surface area contributed by atoms with E-state index in [-0.39, 0.29) is 11.7 Å². The number of unbranched alkanes of at least 4 members (excludes halogenated alkanes) is 1. The van der Waals surface area contributed by atoms with Crippen LogP contribution in [0.4, 0.5) is 5.69 Å². The predicted octanol–water partition coefficient (Wildman–Crippen LogP) is 3.09. The number of nitrogens with zero attached hydrogens (tertiary/aromatic N) is 4. The number of hydrogen-bond donors (Lipinski definition) is 1. The van der Waals surface area contributed by atoms with E-state index >= 15 is 0 Å². The maximum atomic E-state index is 11.4. The zero-order valence-corrected chi connectivity index (χ0v) is 18.8. The molecule has 170 valence electrons. The first kappa shape index (κ1) is 22.1. The number of ether oxygens (including phenoxy) is 2. The molecule has 0 unspecified atom stereocenters. The van der Waals surface area contributed by atoms with Crippen LogP contribution in [-0.2, 0) is 0 Å². The van der Waals surface area contributed by atoms with Gasteiger partial charge in [0.2, 0.25) is 5.56 Å². The van der Waals surface area contributed by atoms with Crippen molar-refractivity contribution >= 4 is 16.7 Å².